The van der Waals surface area contributed by atoms with Crippen molar-refractivity contribution in [3.8, 4) is 11.8 Å². The van der Waals surface area contributed by atoms with Gasteiger partial charge >= 0.3 is 0 Å². The van der Waals surface area contributed by atoms with E-state index in [0.717, 1.165) is 19.1 Å². The average Bonchev–Trinajstić information content (AvgIpc) is 2.67. The fourth-order valence-corrected chi connectivity index (χ4v) is 2.73. The molecule has 2 aromatic carbocycles. The molecule has 1 aliphatic rings. The summed E-state index contributed by atoms with van der Waals surface area (Å²) in [6, 6.07) is 7.28. The van der Waals surface area contributed by atoms with Crippen LogP contribution in [0.3, 0.4) is 0 Å². The number of nitrogens with two attached hydrogens (primary N) is 1. The molecule has 0 amide bonds. The van der Waals surface area contributed by atoms with Crippen molar-refractivity contribution < 1.29 is 13.5 Å². The van der Waals surface area contributed by atoms with E-state index in [4.69, 9.17) is 15.9 Å². The number of halogens is 2. The molecule has 4 nitrogen and oxygen atoms in total. The van der Waals surface area contributed by atoms with Gasteiger partial charge in [0.15, 0.2) is 5.82 Å². The minimum atomic E-state index is -0.657. The Morgan fingerprint density at radius 2 is 1.88 bits per heavy atom. The van der Waals surface area contributed by atoms with Crippen LogP contribution < -0.4 is 11.1 Å². The van der Waals surface area contributed by atoms with Crippen molar-refractivity contribution in [1.29, 1.82) is 5.41 Å². The van der Waals surface area contributed by atoms with Crippen molar-refractivity contribution in [2.24, 2.45) is 5.92 Å². The lowest BCUT2D eigenvalue weighted by atomic mass is 9.99. The van der Waals surface area contributed by atoms with Crippen molar-refractivity contribution in [2.75, 3.05) is 24.3 Å². The molecule has 0 saturated carbocycles. The maximum absolute atomic E-state index is 14.8. The van der Waals surface area contributed by atoms with Crippen LogP contribution in [0.5, 0.6) is 0 Å². The lowest BCUT2D eigenvalue weighted by Crippen LogP contribution is -2.14. The van der Waals surface area contributed by atoms with Crippen molar-refractivity contribution in [3.05, 3.63) is 53.1 Å². The molecule has 2 aromatic rings. The highest BCUT2D eigenvalue weighted by Gasteiger charge is 2.16. The third kappa shape index (κ3) is 4.01. The predicted molar refractivity (Wildman–Crippen MR) is 98.8 cm³/mol. The maximum atomic E-state index is 14.8. The van der Waals surface area contributed by atoms with Gasteiger partial charge in [0.25, 0.3) is 0 Å². The zero-order valence-corrected chi connectivity index (χ0v) is 14.1. The molecular weight excluding hydrogens is 336 g/mol. The molecule has 0 aromatic heterocycles. The first-order chi connectivity index (χ1) is 12.6. The molecule has 0 atom stereocenters. The van der Waals surface area contributed by atoms with Crippen LogP contribution >= 0.6 is 0 Å². The van der Waals surface area contributed by atoms with Crippen LogP contribution in [0.25, 0.3) is 0 Å². The fourth-order valence-electron chi connectivity index (χ4n) is 2.73. The first-order valence-corrected chi connectivity index (χ1v) is 8.33. The SMILES string of the molecule is N=Cc1cc(Nc2ccc(F)cc2)c(C#CC2CCOCC2)c(F)c1N. The second-order valence-corrected chi connectivity index (χ2v) is 6.05. The van der Waals surface area contributed by atoms with Crippen LogP contribution in [0.4, 0.5) is 25.8 Å². The van der Waals surface area contributed by atoms with Crippen LogP contribution in [0.2, 0.25) is 0 Å². The summed E-state index contributed by atoms with van der Waals surface area (Å²) in [5.41, 5.74) is 7.05. The Hall–Kier alpha value is -2.91. The Morgan fingerprint density at radius 1 is 1.19 bits per heavy atom. The Morgan fingerprint density at radius 3 is 2.54 bits per heavy atom. The summed E-state index contributed by atoms with van der Waals surface area (Å²) in [4.78, 5) is 0. The van der Waals surface area contributed by atoms with E-state index in [0.29, 0.717) is 24.6 Å². The van der Waals surface area contributed by atoms with Gasteiger partial charge in [0.05, 0.1) is 16.9 Å². The highest BCUT2D eigenvalue weighted by Crippen LogP contribution is 2.29. The quantitative estimate of drug-likeness (QED) is 0.442. The summed E-state index contributed by atoms with van der Waals surface area (Å²) in [6.07, 6.45) is 2.61. The topological polar surface area (TPSA) is 71.1 Å². The Kier molecular flexibility index (Phi) is 5.49. The summed E-state index contributed by atoms with van der Waals surface area (Å²) in [5.74, 6) is 5.12. The fraction of sp³-hybridized carbons (Fsp3) is 0.250. The number of nitrogens with one attached hydrogen (secondary N) is 2. The molecule has 1 fully saturated rings. The molecule has 0 aliphatic carbocycles. The van der Waals surface area contributed by atoms with Gasteiger partial charge in [0.2, 0.25) is 0 Å². The summed E-state index contributed by atoms with van der Waals surface area (Å²) in [7, 11) is 0. The molecule has 134 valence electrons. The van der Waals surface area contributed by atoms with E-state index in [-0.39, 0.29) is 28.5 Å². The number of hydrogen-bond donors (Lipinski definition) is 3. The Bertz CT molecular complexity index is 863. The molecule has 3 rings (SSSR count). The van der Waals surface area contributed by atoms with Gasteiger partial charge < -0.3 is 21.2 Å². The predicted octanol–water partition coefficient (Wildman–Crippen LogP) is 4.07. The van der Waals surface area contributed by atoms with Crippen LogP contribution in [-0.2, 0) is 4.74 Å². The third-order valence-corrected chi connectivity index (χ3v) is 4.24. The third-order valence-electron chi connectivity index (χ3n) is 4.24. The summed E-state index contributed by atoms with van der Waals surface area (Å²) in [6.45, 7) is 1.30. The first-order valence-electron chi connectivity index (χ1n) is 8.33. The van der Waals surface area contributed by atoms with Crippen LogP contribution in [0.15, 0.2) is 30.3 Å². The van der Waals surface area contributed by atoms with Gasteiger partial charge in [0.1, 0.15) is 5.82 Å². The Labute approximate surface area is 150 Å². The van der Waals surface area contributed by atoms with Crippen molar-refractivity contribution in [1.82, 2.24) is 0 Å². The zero-order chi connectivity index (χ0) is 18.5. The van der Waals surface area contributed by atoms with E-state index in [1.165, 1.54) is 12.1 Å². The number of rotatable bonds is 3. The standard InChI is InChI=1S/C20H19F2N3O/c21-15-2-4-16(5-3-15)25-18-11-14(12-23)20(24)19(22)17(18)6-1-13-7-9-26-10-8-13/h2-5,11-13,23,25H,7-10,24H2. The summed E-state index contributed by atoms with van der Waals surface area (Å²) < 4.78 is 33.2. The molecule has 0 unspecified atom stereocenters. The number of benzene rings is 2. The monoisotopic (exact) mass is 355 g/mol. The first kappa shape index (κ1) is 17.9. The van der Waals surface area contributed by atoms with Gasteiger partial charge in [-0.15, -0.1) is 0 Å². The van der Waals surface area contributed by atoms with Crippen LogP contribution in [0.1, 0.15) is 24.0 Å². The summed E-state index contributed by atoms with van der Waals surface area (Å²) >= 11 is 0. The number of anilines is 3. The van der Waals surface area contributed by atoms with Gasteiger partial charge in [-0.3, -0.25) is 0 Å². The van der Waals surface area contributed by atoms with Gasteiger partial charge in [-0.1, -0.05) is 11.8 Å². The zero-order valence-electron chi connectivity index (χ0n) is 14.1. The smallest absolute Gasteiger partial charge is 0.164 e. The highest BCUT2D eigenvalue weighted by molar-refractivity contribution is 5.89. The van der Waals surface area contributed by atoms with Crippen molar-refractivity contribution >= 4 is 23.3 Å². The van der Waals surface area contributed by atoms with Gasteiger partial charge in [-0.25, -0.2) is 8.78 Å². The molecule has 0 spiro atoms. The second-order valence-electron chi connectivity index (χ2n) is 6.05. The number of nitrogen functional groups attached to an aromatic ring is 1. The molecule has 1 heterocycles. The molecule has 0 bridgehead atoms. The average molecular weight is 355 g/mol. The number of hydrogen-bond acceptors (Lipinski definition) is 4. The van der Waals surface area contributed by atoms with Crippen molar-refractivity contribution in [2.45, 2.75) is 12.8 Å². The van der Waals surface area contributed by atoms with E-state index < -0.39 is 5.82 Å². The van der Waals surface area contributed by atoms with Gasteiger partial charge in [-0.05, 0) is 43.2 Å². The van der Waals surface area contributed by atoms with E-state index in [1.807, 2.05) is 0 Å². The maximum Gasteiger partial charge on any atom is 0.164 e. The summed E-state index contributed by atoms with van der Waals surface area (Å²) in [5, 5.41) is 10.5. The van der Waals surface area contributed by atoms with Gasteiger partial charge in [-0.2, -0.15) is 0 Å². The lowest BCUT2D eigenvalue weighted by Gasteiger charge is -2.17. The molecule has 26 heavy (non-hydrogen) atoms. The Balaban J connectivity index is 2.00. The van der Waals surface area contributed by atoms with Gasteiger partial charge in [0, 0.05) is 36.6 Å². The molecule has 0 radical (unpaired) electrons. The highest BCUT2D eigenvalue weighted by atomic mass is 19.1. The van der Waals surface area contributed by atoms with Crippen molar-refractivity contribution in [3.63, 3.8) is 0 Å². The van der Waals surface area contributed by atoms with E-state index in [2.05, 4.69) is 17.2 Å². The second kappa shape index (κ2) is 7.98. The van der Waals surface area contributed by atoms with Crippen LogP contribution in [0, 0.1) is 34.8 Å². The molecular formula is C20H19F2N3O. The molecule has 1 saturated heterocycles. The molecule has 6 heteroatoms. The van der Waals surface area contributed by atoms with Crippen LogP contribution in [-0.4, -0.2) is 19.4 Å². The largest absolute Gasteiger partial charge is 0.396 e. The minimum Gasteiger partial charge on any atom is -0.396 e. The van der Waals surface area contributed by atoms with E-state index >= 15 is 0 Å². The lowest BCUT2D eigenvalue weighted by molar-refractivity contribution is 0.0807. The minimum absolute atomic E-state index is 0.110. The van der Waals surface area contributed by atoms with E-state index in [9.17, 15) is 8.78 Å². The number of ether oxygens (including phenoxy) is 1. The molecule has 4 N–H and O–H groups in total. The molecule has 1 aliphatic heterocycles. The van der Waals surface area contributed by atoms with E-state index in [1.54, 1.807) is 18.2 Å². The normalized spacial score (nSPS) is 14.4.